The van der Waals surface area contributed by atoms with Crippen LogP contribution in [-0.2, 0) is 25.7 Å². The van der Waals surface area contributed by atoms with Crippen LogP contribution in [0.4, 0.5) is 0 Å². The molecule has 2 aliphatic heterocycles. The van der Waals surface area contributed by atoms with Crippen LogP contribution in [0, 0.1) is 0 Å². The van der Waals surface area contributed by atoms with Gasteiger partial charge >= 0.3 is 0 Å². The number of aromatic amines is 2. The summed E-state index contributed by atoms with van der Waals surface area (Å²) in [6, 6.07) is 9.24. The number of allylic oxidation sites excluding steroid dienone is 4. The lowest BCUT2D eigenvalue weighted by Crippen LogP contribution is -1.87. The molecule has 0 saturated heterocycles. The Morgan fingerprint density at radius 1 is 0.390 bits per heavy atom. The average Bonchev–Trinajstić information content (AvgIpc) is 3.67. The summed E-state index contributed by atoms with van der Waals surface area (Å²) in [6.07, 6.45) is 7.84. The van der Waals surface area contributed by atoms with Crippen molar-refractivity contribution in [2.45, 2.75) is 107 Å². The Bertz CT molecular complexity index is 1560. The van der Waals surface area contributed by atoms with E-state index in [9.17, 15) is 0 Å². The molecule has 0 unspecified atom stereocenters. The summed E-state index contributed by atoms with van der Waals surface area (Å²) in [6.45, 7) is 18.1. The number of nitrogens with zero attached hydrogens (tertiary/aromatic N) is 2. The minimum absolute atomic E-state index is 0. The highest BCUT2D eigenvalue weighted by Gasteiger charge is 2.22. The standard InChI is InChI=1S/C36H46N4.Mg/c1-9-21-22(10-2)30-18-32-25(13-5)26(14-6)34(39-32)20-36-28(16-8)27(15-7)35(40-36)19-33-24(12-4)23(11-3)31(38-33)17-29(21)37-30;/h17-20,37-38H,9-16H2,1-8H3;. The molecule has 0 aliphatic carbocycles. The second-order valence-corrected chi connectivity index (χ2v) is 10.9. The number of hydrogen-bond acceptors (Lipinski definition) is 2. The number of aryl methyl sites for hydroxylation is 4. The monoisotopic (exact) mass is 558 g/mol. The Morgan fingerprint density at radius 3 is 0.927 bits per heavy atom. The van der Waals surface area contributed by atoms with Crippen molar-refractivity contribution in [1.29, 1.82) is 0 Å². The zero-order valence-corrected chi connectivity index (χ0v) is 28.0. The number of rotatable bonds is 8. The van der Waals surface area contributed by atoms with Gasteiger partial charge in [0.2, 0.25) is 0 Å². The molecule has 0 atom stereocenters. The summed E-state index contributed by atoms with van der Waals surface area (Å²) in [5.41, 5.74) is 20.2. The first kappa shape index (κ1) is 31.3. The number of nitrogens with one attached hydrogen (secondary N) is 2. The summed E-state index contributed by atoms with van der Waals surface area (Å²) < 4.78 is 0. The normalized spacial score (nSPS) is 13.3. The minimum atomic E-state index is 0. The van der Waals surface area contributed by atoms with Crippen LogP contribution in [0.5, 0.6) is 0 Å². The maximum absolute atomic E-state index is 5.28. The van der Waals surface area contributed by atoms with Gasteiger partial charge in [-0.15, -0.1) is 0 Å². The molecular formula is C36H46MgN4. The van der Waals surface area contributed by atoms with Gasteiger partial charge in [0.25, 0.3) is 0 Å². The van der Waals surface area contributed by atoms with Crippen molar-refractivity contribution >= 4 is 67.4 Å². The van der Waals surface area contributed by atoms with Gasteiger partial charge in [0.05, 0.1) is 22.8 Å². The average molecular weight is 559 g/mol. The zero-order valence-electron chi connectivity index (χ0n) is 26.6. The van der Waals surface area contributed by atoms with E-state index in [1.165, 1.54) is 66.6 Å². The third kappa shape index (κ3) is 5.36. The van der Waals surface area contributed by atoms with E-state index in [-0.39, 0.29) is 23.1 Å². The van der Waals surface area contributed by atoms with Crippen LogP contribution < -0.4 is 0 Å². The van der Waals surface area contributed by atoms with Crippen molar-refractivity contribution in [3.8, 4) is 0 Å². The van der Waals surface area contributed by atoms with E-state index in [1.54, 1.807) is 0 Å². The molecule has 0 fully saturated rings. The Kier molecular flexibility index (Phi) is 10.0. The van der Waals surface area contributed by atoms with Gasteiger partial charge in [-0.1, -0.05) is 55.4 Å². The maximum Gasteiger partial charge on any atom is 0.0694 e. The molecule has 2 N–H and O–H groups in total. The topological polar surface area (TPSA) is 57.4 Å². The molecule has 5 rings (SSSR count). The van der Waals surface area contributed by atoms with Crippen LogP contribution >= 0.6 is 0 Å². The fourth-order valence-electron chi connectivity index (χ4n) is 7.10. The van der Waals surface area contributed by atoms with Crippen molar-refractivity contribution in [3.63, 3.8) is 0 Å². The fraction of sp³-hybridized carbons (Fsp3) is 0.444. The number of H-pyrrole nitrogens is 2. The highest BCUT2D eigenvalue weighted by atomic mass is 24.3. The molecule has 41 heavy (non-hydrogen) atoms. The first-order chi connectivity index (χ1) is 19.5. The number of hydrogen-bond donors (Lipinski definition) is 2. The highest BCUT2D eigenvalue weighted by Crippen LogP contribution is 2.39. The van der Waals surface area contributed by atoms with Crippen molar-refractivity contribution < 1.29 is 0 Å². The Labute approximate surface area is 262 Å². The fourth-order valence-corrected chi connectivity index (χ4v) is 7.10. The van der Waals surface area contributed by atoms with E-state index in [0.717, 1.165) is 74.1 Å². The van der Waals surface area contributed by atoms with Crippen LogP contribution in [0.2, 0.25) is 0 Å². The predicted octanol–water partition coefficient (Wildman–Crippen LogP) is 9.65. The van der Waals surface area contributed by atoms with E-state index in [1.807, 2.05) is 0 Å². The molecule has 8 bridgehead atoms. The summed E-state index contributed by atoms with van der Waals surface area (Å²) in [4.78, 5) is 18.2. The molecule has 4 nitrogen and oxygen atoms in total. The van der Waals surface area contributed by atoms with Crippen molar-refractivity contribution in [1.82, 2.24) is 19.9 Å². The number of aromatic nitrogens is 4. The van der Waals surface area contributed by atoms with Crippen molar-refractivity contribution in [2.75, 3.05) is 0 Å². The predicted molar refractivity (Wildman–Crippen MR) is 179 cm³/mol. The summed E-state index contributed by atoms with van der Waals surface area (Å²) in [7, 11) is 0. The second kappa shape index (κ2) is 13.1. The quantitative estimate of drug-likeness (QED) is 0.270. The Balaban J connectivity index is 0.00000387. The van der Waals surface area contributed by atoms with Crippen LogP contribution in [0.1, 0.15) is 126 Å². The van der Waals surface area contributed by atoms with E-state index in [0.29, 0.717) is 0 Å². The summed E-state index contributed by atoms with van der Waals surface area (Å²) in [5.74, 6) is 0. The smallest absolute Gasteiger partial charge is 0.0694 e. The maximum atomic E-state index is 5.28. The highest BCUT2D eigenvalue weighted by molar-refractivity contribution is 5.96. The lowest BCUT2D eigenvalue weighted by molar-refractivity contribution is 1.07. The molecule has 212 valence electrons. The molecule has 3 aromatic rings. The Morgan fingerprint density at radius 2 is 0.659 bits per heavy atom. The van der Waals surface area contributed by atoms with Gasteiger partial charge in [0.15, 0.2) is 0 Å². The summed E-state index contributed by atoms with van der Waals surface area (Å²) in [5, 5.41) is 0. The van der Waals surface area contributed by atoms with Gasteiger partial charge in [-0.3, -0.25) is 0 Å². The molecule has 5 heteroatoms. The van der Waals surface area contributed by atoms with Gasteiger partial charge in [-0.2, -0.15) is 0 Å². The molecule has 0 spiro atoms. The second-order valence-electron chi connectivity index (χ2n) is 10.9. The van der Waals surface area contributed by atoms with E-state index in [2.05, 4.69) is 89.6 Å². The van der Waals surface area contributed by atoms with Gasteiger partial charge in [0, 0.05) is 45.1 Å². The van der Waals surface area contributed by atoms with Crippen LogP contribution in [0.3, 0.4) is 0 Å². The molecule has 0 aromatic carbocycles. The third-order valence-electron chi connectivity index (χ3n) is 8.97. The minimum Gasteiger partial charge on any atom is -0.355 e. The van der Waals surface area contributed by atoms with Gasteiger partial charge < -0.3 is 9.97 Å². The van der Waals surface area contributed by atoms with Gasteiger partial charge in [0.1, 0.15) is 0 Å². The SMILES string of the molecule is CCC1=C(CC)c2cc3[nH]c(cc4[nH]c(cc5nc(cc1n2)C(CC)=C5CC)c(CC)c4CC)c(CC)c3CC.[Mg]. The largest absolute Gasteiger partial charge is 0.355 e. The van der Waals surface area contributed by atoms with Crippen LogP contribution in [0.25, 0.3) is 44.4 Å². The molecule has 0 amide bonds. The van der Waals surface area contributed by atoms with E-state index in [4.69, 9.17) is 9.97 Å². The lowest BCUT2D eigenvalue weighted by atomic mass is 9.97. The van der Waals surface area contributed by atoms with Crippen molar-refractivity contribution in [3.05, 3.63) is 69.3 Å². The van der Waals surface area contributed by atoms with Gasteiger partial charge in [-0.25, -0.2) is 9.97 Å². The molecule has 2 aliphatic rings. The first-order valence-corrected chi connectivity index (χ1v) is 15.7. The zero-order chi connectivity index (χ0) is 28.6. The molecule has 3 aromatic heterocycles. The molecule has 0 saturated carbocycles. The molecule has 5 heterocycles. The van der Waals surface area contributed by atoms with Crippen LogP contribution in [-0.4, -0.2) is 43.0 Å². The first-order valence-electron chi connectivity index (χ1n) is 15.7. The van der Waals surface area contributed by atoms with E-state index < -0.39 is 0 Å². The Hall–Kier alpha value is -2.63. The molecule has 2 radical (unpaired) electrons. The van der Waals surface area contributed by atoms with E-state index >= 15 is 0 Å². The van der Waals surface area contributed by atoms with Crippen molar-refractivity contribution in [2.24, 2.45) is 0 Å². The van der Waals surface area contributed by atoms with Gasteiger partial charge in [-0.05, 0) is 120 Å². The summed E-state index contributed by atoms with van der Waals surface area (Å²) >= 11 is 0. The van der Waals surface area contributed by atoms with Crippen LogP contribution in [0.15, 0.2) is 24.3 Å². The molecular weight excluding hydrogens is 513 g/mol. The number of fused-ring (bicyclic) bond motifs is 8. The lowest BCUT2D eigenvalue weighted by Gasteiger charge is -2.04. The third-order valence-corrected chi connectivity index (χ3v) is 8.97.